The number of hydrogen-bond donors (Lipinski definition) is 0. The number of furan rings is 2. The van der Waals surface area contributed by atoms with Crippen LogP contribution in [0.5, 0.6) is 0 Å². The molecule has 0 unspecified atom stereocenters. The molecule has 0 aliphatic carbocycles. The number of aromatic nitrogens is 3. The van der Waals surface area contributed by atoms with Crippen LogP contribution >= 0.6 is 0 Å². The second-order valence-corrected chi connectivity index (χ2v) is 10.4. The zero-order chi connectivity index (χ0) is 27.6. The highest BCUT2D eigenvalue weighted by atomic mass is 16.3. The average molecular weight is 540 g/mol. The van der Waals surface area contributed by atoms with Gasteiger partial charge < -0.3 is 8.83 Å². The molecule has 0 amide bonds. The van der Waals surface area contributed by atoms with Crippen LogP contribution in [0, 0.1) is 0 Å². The van der Waals surface area contributed by atoms with E-state index in [-0.39, 0.29) is 0 Å². The third-order valence-corrected chi connectivity index (χ3v) is 7.91. The Bertz CT molecular complexity index is 2400. The lowest BCUT2D eigenvalue weighted by Crippen LogP contribution is -2.00. The Kier molecular flexibility index (Phi) is 4.83. The predicted octanol–water partition coefficient (Wildman–Crippen LogP) is 9.82. The van der Waals surface area contributed by atoms with Gasteiger partial charge in [-0.25, -0.2) is 15.0 Å². The maximum absolute atomic E-state index is 6.63. The van der Waals surface area contributed by atoms with E-state index in [0.717, 1.165) is 71.3 Å². The van der Waals surface area contributed by atoms with Gasteiger partial charge in [0.1, 0.15) is 22.3 Å². The van der Waals surface area contributed by atoms with Gasteiger partial charge in [0.15, 0.2) is 17.5 Å². The molecule has 0 spiro atoms. The van der Waals surface area contributed by atoms with Crippen molar-refractivity contribution >= 4 is 54.6 Å². The van der Waals surface area contributed by atoms with E-state index in [1.807, 2.05) is 84.9 Å². The standard InChI is InChI=1S/C37H21N3O2/c1-3-12-23(13-4-1)35-38-36(24-14-5-2-6-15-24)40-37(39-35)27-21-30-33(32-26-17-9-10-18-28(26)42-34(27)32)31-25-16-8-7-11-22(25)19-20-29(31)41-30/h1-21H. The number of hydrogen-bond acceptors (Lipinski definition) is 5. The van der Waals surface area contributed by atoms with Gasteiger partial charge in [-0.1, -0.05) is 109 Å². The SMILES string of the molecule is c1ccc(-c2nc(-c3ccccc3)nc(-c3cc4oc5ccc6ccccc6c5c4c4c3oc3ccccc34)n2)cc1. The lowest BCUT2D eigenvalue weighted by Gasteiger charge is -2.09. The monoisotopic (exact) mass is 539 g/mol. The van der Waals surface area contributed by atoms with Crippen LogP contribution in [0.25, 0.3) is 88.8 Å². The average Bonchev–Trinajstić information content (AvgIpc) is 3.63. The minimum atomic E-state index is 0.527. The molecule has 9 rings (SSSR count). The van der Waals surface area contributed by atoms with Crippen LogP contribution in [0.1, 0.15) is 0 Å². The summed E-state index contributed by atoms with van der Waals surface area (Å²) >= 11 is 0. The molecule has 0 aliphatic rings. The number of fused-ring (bicyclic) bond motifs is 9. The molecule has 9 aromatic rings. The first-order chi connectivity index (χ1) is 20.8. The van der Waals surface area contributed by atoms with Gasteiger partial charge in [0.25, 0.3) is 0 Å². The summed E-state index contributed by atoms with van der Waals surface area (Å²) in [6.45, 7) is 0. The van der Waals surface area contributed by atoms with Gasteiger partial charge in [-0.05, 0) is 29.0 Å². The van der Waals surface area contributed by atoms with Crippen molar-refractivity contribution in [1.29, 1.82) is 0 Å². The van der Waals surface area contributed by atoms with Gasteiger partial charge in [-0.3, -0.25) is 0 Å². The first-order valence-corrected chi connectivity index (χ1v) is 13.9. The molecule has 0 saturated heterocycles. The van der Waals surface area contributed by atoms with Crippen molar-refractivity contribution in [3.05, 3.63) is 127 Å². The Hall–Kier alpha value is -5.81. The van der Waals surface area contributed by atoms with Crippen LogP contribution < -0.4 is 0 Å². The molecule has 5 heteroatoms. The van der Waals surface area contributed by atoms with Gasteiger partial charge >= 0.3 is 0 Å². The lowest BCUT2D eigenvalue weighted by molar-refractivity contribution is 0.663. The fraction of sp³-hybridized carbons (Fsp3) is 0. The number of rotatable bonds is 3. The third kappa shape index (κ3) is 3.40. The molecule has 3 aromatic heterocycles. The van der Waals surface area contributed by atoms with Gasteiger partial charge in [-0.15, -0.1) is 0 Å². The highest BCUT2D eigenvalue weighted by Crippen LogP contribution is 2.45. The summed E-state index contributed by atoms with van der Waals surface area (Å²) in [5, 5.41) is 6.44. The van der Waals surface area contributed by atoms with Crippen molar-refractivity contribution in [2.75, 3.05) is 0 Å². The van der Waals surface area contributed by atoms with Crippen LogP contribution in [-0.2, 0) is 0 Å². The van der Waals surface area contributed by atoms with Gasteiger partial charge in [0.05, 0.1) is 5.56 Å². The zero-order valence-electron chi connectivity index (χ0n) is 22.3. The van der Waals surface area contributed by atoms with Crippen LogP contribution in [0.3, 0.4) is 0 Å². The molecule has 42 heavy (non-hydrogen) atoms. The van der Waals surface area contributed by atoms with E-state index in [1.165, 1.54) is 0 Å². The number of para-hydroxylation sites is 1. The Labute approximate surface area is 239 Å². The van der Waals surface area contributed by atoms with Crippen LogP contribution in [0.4, 0.5) is 0 Å². The van der Waals surface area contributed by atoms with Gasteiger partial charge in [-0.2, -0.15) is 0 Å². The minimum absolute atomic E-state index is 0.527. The van der Waals surface area contributed by atoms with E-state index in [1.54, 1.807) is 0 Å². The summed E-state index contributed by atoms with van der Waals surface area (Å²) in [5.74, 6) is 1.72. The quantitative estimate of drug-likeness (QED) is 0.224. The van der Waals surface area contributed by atoms with E-state index in [9.17, 15) is 0 Å². The molecule has 5 nitrogen and oxygen atoms in total. The van der Waals surface area contributed by atoms with Crippen LogP contribution in [0.15, 0.2) is 136 Å². The summed E-state index contributed by atoms with van der Waals surface area (Å²) in [5.41, 5.74) is 5.70. The topological polar surface area (TPSA) is 65.0 Å². The molecular weight excluding hydrogens is 518 g/mol. The maximum Gasteiger partial charge on any atom is 0.168 e. The molecule has 0 aliphatic heterocycles. The van der Waals surface area contributed by atoms with Crippen LogP contribution in [-0.4, -0.2) is 15.0 Å². The molecule has 0 atom stereocenters. The molecule has 6 aromatic carbocycles. The molecular formula is C37H21N3O2. The zero-order valence-corrected chi connectivity index (χ0v) is 22.3. The highest BCUT2D eigenvalue weighted by molar-refractivity contribution is 6.32. The lowest BCUT2D eigenvalue weighted by atomic mass is 9.98. The van der Waals surface area contributed by atoms with Gasteiger partial charge in [0, 0.05) is 32.7 Å². The Morgan fingerprint density at radius 3 is 1.76 bits per heavy atom. The largest absolute Gasteiger partial charge is 0.456 e. The van der Waals surface area contributed by atoms with E-state index in [0.29, 0.717) is 17.5 Å². The fourth-order valence-electron chi connectivity index (χ4n) is 6.01. The summed E-state index contributed by atoms with van der Waals surface area (Å²) in [7, 11) is 0. The minimum Gasteiger partial charge on any atom is -0.456 e. The smallest absolute Gasteiger partial charge is 0.168 e. The molecule has 0 radical (unpaired) electrons. The van der Waals surface area contributed by atoms with E-state index in [4.69, 9.17) is 23.8 Å². The first kappa shape index (κ1) is 22.9. The number of benzene rings is 6. The van der Waals surface area contributed by atoms with Crippen LogP contribution in [0.2, 0.25) is 0 Å². The van der Waals surface area contributed by atoms with Crippen molar-refractivity contribution in [2.24, 2.45) is 0 Å². The number of nitrogens with zero attached hydrogens (tertiary/aromatic N) is 3. The van der Waals surface area contributed by atoms with Crippen molar-refractivity contribution in [2.45, 2.75) is 0 Å². The maximum atomic E-state index is 6.63. The summed E-state index contributed by atoms with van der Waals surface area (Å²) < 4.78 is 13.2. The molecule has 3 heterocycles. The Morgan fingerprint density at radius 1 is 0.405 bits per heavy atom. The molecule has 0 saturated carbocycles. The van der Waals surface area contributed by atoms with Crippen molar-refractivity contribution in [3.63, 3.8) is 0 Å². The molecule has 0 N–H and O–H groups in total. The van der Waals surface area contributed by atoms with Gasteiger partial charge in [0.2, 0.25) is 0 Å². The normalized spacial score (nSPS) is 11.8. The first-order valence-electron chi connectivity index (χ1n) is 13.9. The predicted molar refractivity (Wildman–Crippen MR) is 168 cm³/mol. The second-order valence-electron chi connectivity index (χ2n) is 10.4. The molecule has 0 fully saturated rings. The summed E-state index contributed by atoms with van der Waals surface area (Å²) in [6.07, 6.45) is 0. The van der Waals surface area contributed by atoms with E-state index in [2.05, 4.69) is 42.5 Å². The van der Waals surface area contributed by atoms with E-state index >= 15 is 0 Å². The highest BCUT2D eigenvalue weighted by Gasteiger charge is 2.24. The van der Waals surface area contributed by atoms with Crippen molar-refractivity contribution in [3.8, 4) is 34.2 Å². The second kappa shape index (κ2) is 8.85. The Morgan fingerprint density at radius 2 is 1.02 bits per heavy atom. The van der Waals surface area contributed by atoms with E-state index < -0.39 is 0 Å². The third-order valence-electron chi connectivity index (χ3n) is 7.91. The Balaban J connectivity index is 1.43. The van der Waals surface area contributed by atoms with Crippen molar-refractivity contribution < 1.29 is 8.83 Å². The summed E-state index contributed by atoms with van der Waals surface area (Å²) in [4.78, 5) is 14.9. The van der Waals surface area contributed by atoms with Crippen molar-refractivity contribution in [1.82, 2.24) is 15.0 Å². The summed E-state index contributed by atoms with van der Waals surface area (Å²) in [6, 6.07) is 42.7. The molecule has 196 valence electrons. The fourth-order valence-corrected chi connectivity index (χ4v) is 6.01. The molecule has 0 bridgehead atoms.